The molecule has 0 unspecified atom stereocenters. The first-order valence-corrected chi connectivity index (χ1v) is 7.31. The van der Waals surface area contributed by atoms with E-state index in [1.54, 1.807) is 6.92 Å². The Balaban J connectivity index is 4.53. The molecule has 0 atom stereocenters. The molecule has 0 fully saturated rings. The highest BCUT2D eigenvalue weighted by Gasteiger charge is 2.15. The topological polar surface area (TPSA) is 38.3 Å². The van der Waals surface area contributed by atoms with Gasteiger partial charge in [0.05, 0.1) is 6.61 Å². The highest BCUT2D eigenvalue weighted by Crippen LogP contribution is 2.17. The van der Waals surface area contributed by atoms with Crippen molar-refractivity contribution in [3.8, 4) is 0 Å². The van der Waals surface area contributed by atoms with Crippen LogP contribution in [0.4, 0.5) is 4.79 Å². The van der Waals surface area contributed by atoms with Gasteiger partial charge in [-0.2, -0.15) is 0 Å². The maximum atomic E-state index is 11.3. The van der Waals surface area contributed by atoms with Crippen molar-refractivity contribution in [2.24, 2.45) is 5.41 Å². The molecule has 0 aliphatic rings. The third-order valence-electron chi connectivity index (χ3n) is 2.73. The van der Waals surface area contributed by atoms with Gasteiger partial charge in [0, 0.05) is 12.0 Å². The number of rotatable bonds is 8. The number of nitrogens with one attached hydrogen (secondary N) is 1. The zero-order valence-electron chi connectivity index (χ0n) is 13.1. The molecule has 0 saturated carbocycles. The fourth-order valence-corrected chi connectivity index (χ4v) is 1.70. The summed E-state index contributed by atoms with van der Waals surface area (Å²) in [5.41, 5.74) is 4.68. The van der Waals surface area contributed by atoms with Gasteiger partial charge < -0.3 is 10.1 Å². The third kappa shape index (κ3) is 9.38. The molecule has 0 aromatic rings. The first-order valence-electron chi connectivity index (χ1n) is 7.31. The monoisotopic (exact) mass is 267 g/mol. The van der Waals surface area contributed by atoms with Gasteiger partial charge >= 0.3 is 6.09 Å². The molecule has 1 amide bonds. The molecule has 0 radical (unpaired) electrons. The number of amides is 1. The molecule has 0 aliphatic carbocycles. The van der Waals surface area contributed by atoms with Crippen molar-refractivity contribution in [2.45, 2.75) is 60.3 Å². The van der Waals surface area contributed by atoms with Gasteiger partial charge in [0.1, 0.15) is 0 Å². The van der Waals surface area contributed by atoms with Crippen LogP contribution < -0.4 is 5.32 Å². The summed E-state index contributed by atoms with van der Waals surface area (Å²) in [6, 6.07) is 0. The average Bonchev–Trinajstić information content (AvgIpc) is 2.35. The Morgan fingerprint density at radius 2 is 1.79 bits per heavy atom. The molecule has 3 nitrogen and oxygen atoms in total. The van der Waals surface area contributed by atoms with Gasteiger partial charge in [-0.05, 0) is 31.4 Å². The van der Waals surface area contributed by atoms with Crippen LogP contribution in [-0.4, -0.2) is 19.2 Å². The zero-order valence-corrected chi connectivity index (χ0v) is 13.1. The summed E-state index contributed by atoms with van der Waals surface area (Å²) in [4.78, 5) is 11.3. The van der Waals surface area contributed by atoms with Crippen molar-refractivity contribution in [3.63, 3.8) is 0 Å². The summed E-state index contributed by atoms with van der Waals surface area (Å²) >= 11 is 0. The molecule has 0 aliphatic heterocycles. The second kappa shape index (κ2) is 9.69. The zero-order chi connectivity index (χ0) is 14.7. The van der Waals surface area contributed by atoms with E-state index in [4.69, 9.17) is 4.74 Å². The average molecular weight is 267 g/mol. The Morgan fingerprint density at radius 3 is 2.26 bits per heavy atom. The highest BCUT2D eigenvalue weighted by molar-refractivity contribution is 5.67. The van der Waals surface area contributed by atoms with E-state index in [1.807, 2.05) is 0 Å². The van der Waals surface area contributed by atoms with E-state index in [-0.39, 0.29) is 11.5 Å². The predicted molar refractivity (Wildman–Crippen MR) is 80.2 cm³/mol. The van der Waals surface area contributed by atoms with E-state index in [0.29, 0.717) is 13.2 Å². The van der Waals surface area contributed by atoms with Crippen LogP contribution in [-0.2, 0) is 4.74 Å². The van der Waals surface area contributed by atoms with E-state index >= 15 is 0 Å². The second-order valence-corrected chi connectivity index (χ2v) is 5.45. The first kappa shape index (κ1) is 17.8. The van der Waals surface area contributed by atoms with Gasteiger partial charge in [-0.1, -0.05) is 40.5 Å². The minimum atomic E-state index is -0.352. The normalized spacial score (nSPS) is 10.6. The van der Waals surface area contributed by atoms with Crippen molar-refractivity contribution in [3.05, 3.63) is 17.4 Å². The SMILES string of the molecule is CCCC(=C=CC(C)(C)CNC(=O)OCC)CCC. The van der Waals surface area contributed by atoms with Crippen molar-refractivity contribution < 1.29 is 9.53 Å². The van der Waals surface area contributed by atoms with Crippen LogP contribution in [0.15, 0.2) is 17.4 Å². The van der Waals surface area contributed by atoms with Crippen molar-refractivity contribution in [2.75, 3.05) is 13.2 Å². The Morgan fingerprint density at radius 1 is 1.21 bits per heavy atom. The van der Waals surface area contributed by atoms with E-state index in [9.17, 15) is 4.79 Å². The molecule has 0 bridgehead atoms. The van der Waals surface area contributed by atoms with Crippen LogP contribution in [0.2, 0.25) is 0 Å². The van der Waals surface area contributed by atoms with Gasteiger partial charge in [0.25, 0.3) is 0 Å². The molecule has 19 heavy (non-hydrogen) atoms. The molecule has 0 heterocycles. The van der Waals surface area contributed by atoms with Crippen LogP contribution in [0.3, 0.4) is 0 Å². The van der Waals surface area contributed by atoms with Gasteiger partial charge in [0.15, 0.2) is 0 Å². The standard InChI is InChI=1S/C16H29NO2/c1-6-9-14(10-7-2)11-12-16(4,5)13-17-15(18)19-8-3/h12H,6-10,13H2,1-5H3,(H,17,18). The molecule has 0 aromatic heterocycles. The summed E-state index contributed by atoms with van der Waals surface area (Å²) in [5, 5.41) is 2.77. The van der Waals surface area contributed by atoms with Crippen molar-refractivity contribution in [1.82, 2.24) is 5.32 Å². The molecule has 3 heteroatoms. The lowest BCUT2D eigenvalue weighted by molar-refractivity contribution is 0.149. The molecular weight excluding hydrogens is 238 g/mol. The Hall–Kier alpha value is -1.21. The van der Waals surface area contributed by atoms with E-state index in [2.05, 4.69) is 44.8 Å². The molecule has 0 rings (SSSR count). The number of alkyl carbamates (subject to hydrolysis) is 1. The van der Waals surface area contributed by atoms with Crippen LogP contribution in [0.5, 0.6) is 0 Å². The number of hydrogen-bond donors (Lipinski definition) is 1. The fraction of sp³-hybridized carbons (Fsp3) is 0.750. The van der Waals surface area contributed by atoms with Gasteiger partial charge in [0.2, 0.25) is 0 Å². The largest absolute Gasteiger partial charge is 0.450 e. The maximum absolute atomic E-state index is 11.3. The van der Waals surface area contributed by atoms with E-state index in [1.165, 1.54) is 5.57 Å². The number of hydrogen-bond acceptors (Lipinski definition) is 2. The highest BCUT2D eigenvalue weighted by atomic mass is 16.5. The minimum absolute atomic E-state index is 0.112. The Bertz CT molecular complexity index is 318. The fourth-order valence-electron chi connectivity index (χ4n) is 1.70. The van der Waals surface area contributed by atoms with Crippen LogP contribution in [0.1, 0.15) is 60.3 Å². The van der Waals surface area contributed by atoms with Crippen LogP contribution in [0, 0.1) is 5.41 Å². The van der Waals surface area contributed by atoms with Gasteiger partial charge in [-0.25, -0.2) is 4.79 Å². The van der Waals surface area contributed by atoms with Crippen molar-refractivity contribution >= 4 is 6.09 Å². The summed E-state index contributed by atoms with van der Waals surface area (Å²) in [6.07, 6.45) is 6.22. The Kier molecular flexibility index (Phi) is 9.07. The summed E-state index contributed by atoms with van der Waals surface area (Å²) in [5.74, 6) is 0. The quantitative estimate of drug-likeness (QED) is 0.660. The number of carbonyl (C=O) groups is 1. The lowest BCUT2D eigenvalue weighted by Crippen LogP contribution is -2.33. The number of ether oxygens (including phenoxy) is 1. The maximum Gasteiger partial charge on any atom is 0.407 e. The summed E-state index contributed by atoms with van der Waals surface area (Å²) in [7, 11) is 0. The van der Waals surface area contributed by atoms with Crippen molar-refractivity contribution in [1.29, 1.82) is 0 Å². The van der Waals surface area contributed by atoms with Gasteiger partial charge in [-0.15, -0.1) is 5.73 Å². The van der Waals surface area contributed by atoms with Crippen LogP contribution in [0.25, 0.3) is 0 Å². The van der Waals surface area contributed by atoms with Gasteiger partial charge in [-0.3, -0.25) is 0 Å². The summed E-state index contributed by atoms with van der Waals surface area (Å²) < 4.78 is 4.85. The third-order valence-corrected chi connectivity index (χ3v) is 2.73. The minimum Gasteiger partial charge on any atom is -0.450 e. The molecular formula is C16H29NO2. The molecule has 110 valence electrons. The smallest absolute Gasteiger partial charge is 0.407 e. The molecule has 1 N–H and O–H groups in total. The molecule has 0 saturated heterocycles. The predicted octanol–water partition coefficient (Wildman–Crippen LogP) is 4.44. The molecule has 0 spiro atoms. The van der Waals surface area contributed by atoms with Crippen LogP contribution >= 0.6 is 0 Å². The van der Waals surface area contributed by atoms with E-state index in [0.717, 1.165) is 25.7 Å². The second-order valence-electron chi connectivity index (χ2n) is 5.45. The Labute approximate surface area is 118 Å². The lowest BCUT2D eigenvalue weighted by Gasteiger charge is -2.19. The van der Waals surface area contributed by atoms with E-state index < -0.39 is 0 Å². The first-order chi connectivity index (χ1) is 8.95. The number of carbonyl (C=O) groups excluding carboxylic acids is 1. The summed E-state index contributed by atoms with van der Waals surface area (Å²) in [6.45, 7) is 11.3. The lowest BCUT2D eigenvalue weighted by atomic mass is 9.92. The molecule has 0 aromatic carbocycles.